The molecule has 178 valence electrons. The molecule has 7 rings (SSSR count). The first-order valence-corrected chi connectivity index (χ1v) is 13.1. The summed E-state index contributed by atoms with van der Waals surface area (Å²) in [5.41, 5.74) is 3.00. The van der Waals surface area contributed by atoms with E-state index < -0.39 is 0 Å². The third-order valence-electron chi connectivity index (χ3n) is 9.19. The Morgan fingerprint density at radius 3 is 2.68 bits per heavy atom. The lowest BCUT2D eigenvalue weighted by Gasteiger charge is -2.54. The topological polar surface area (TPSA) is 99.4 Å². The van der Waals surface area contributed by atoms with Crippen molar-refractivity contribution in [2.24, 2.45) is 11.3 Å². The predicted octanol–water partition coefficient (Wildman–Crippen LogP) is 5.11. The molecule has 1 amide bonds. The van der Waals surface area contributed by atoms with Crippen LogP contribution in [0.2, 0.25) is 0 Å². The molecule has 0 atom stereocenters. The summed E-state index contributed by atoms with van der Waals surface area (Å²) >= 11 is 0. The summed E-state index contributed by atoms with van der Waals surface area (Å²) in [4.78, 5) is 25.9. The maximum atomic E-state index is 13.1. The van der Waals surface area contributed by atoms with E-state index in [4.69, 9.17) is 4.98 Å². The van der Waals surface area contributed by atoms with Gasteiger partial charge in [0.25, 0.3) is 0 Å². The van der Waals surface area contributed by atoms with E-state index in [1.54, 1.807) is 0 Å². The number of H-pyrrole nitrogens is 1. The molecule has 0 aliphatic heterocycles. The maximum absolute atomic E-state index is 13.1. The highest BCUT2D eigenvalue weighted by Crippen LogP contribution is 2.58. The van der Waals surface area contributed by atoms with Gasteiger partial charge in [-0.05, 0) is 68.8 Å². The van der Waals surface area contributed by atoms with E-state index in [9.17, 15) is 10.1 Å². The van der Waals surface area contributed by atoms with Crippen molar-refractivity contribution in [1.29, 1.82) is 5.26 Å². The SMILES string of the molecule is N#CCC12CCC(n3c(CC(=O)NCC4CCCCC4)nc4cnc5[nH]ccc5c43)(CC1)CC2. The molecule has 0 unspecified atom stereocenters. The Morgan fingerprint density at radius 2 is 1.94 bits per heavy atom. The number of nitrogens with one attached hydrogen (secondary N) is 2. The molecule has 4 aliphatic rings. The summed E-state index contributed by atoms with van der Waals surface area (Å²) in [5, 5.41) is 13.7. The highest BCUT2D eigenvalue weighted by molar-refractivity contribution is 6.01. The van der Waals surface area contributed by atoms with Gasteiger partial charge in [-0.15, -0.1) is 0 Å². The fourth-order valence-electron chi connectivity index (χ4n) is 7.12. The van der Waals surface area contributed by atoms with Crippen molar-refractivity contribution in [1.82, 2.24) is 24.8 Å². The van der Waals surface area contributed by atoms with Crippen LogP contribution in [-0.2, 0) is 16.8 Å². The average molecular weight is 459 g/mol. The Labute approximate surface area is 200 Å². The van der Waals surface area contributed by atoms with Gasteiger partial charge >= 0.3 is 0 Å². The Balaban J connectivity index is 1.34. The van der Waals surface area contributed by atoms with Gasteiger partial charge < -0.3 is 14.9 Å². The minimum Gasteiger partial charge on any atom is -0.355 e. The molecule has 0 aromatic carbocycles. The number of imidazole rings is 1. The Bertz CT molecular complexity index is 1230. The summed E-state index contributed by atoms with van der Waals surface area (Å²) in [6, 6.07) is 4.53. The number of hydrogen-bond donors (Lipinski definition) is 2. The molecular formula is C27H34N6O. The van der Waals surface area contributed by atoms with E-state index >= 15 is 0 Å². The van der Waals surface area contributed by atoms with Gasteiger partial charge in [0, 0.05) is 30.1 Å². The van der Waals surface area contributed by atoms with Gasteiger partial charge in [0.15, 0.2) is 0 Å². The molecule has 3 aromatic heterocycles. The van der Waals surface area contributed by atoms with Crippen molar-refractivity contribution in [2.45, 2.75) is 89.0 Å². The van der Waals surface area contributed by atoms with Crippen molar-refractivity contribution in [3.05, 3.63) is 24.3 Å². The van der Waals surface area contributed by atoms with E-state index in [-0.39, 0.29) is 16.9 Å². The van der Waals surface area contributed by atoms with Crippen molar-refractivity contribution in [3.63, 3.8) is 0 Å². The first-order chi connectivity index (χ1) is 16.6. The van der Waals surface area contributed by atoms with Gasteiger partial charge in [0.2, 0.25) is 5.91 Å². The van der Waals surface area contributed by atoms with Gasteiger partial charge in [-0.1, -0.05) is 19.3 Å². The third kappa shape index (κ3) is 3.59. The molecule has 0 radical (unpaired) electrons. The zero-order valence-corrected chi connectivity index (χ0v) is 19.9. The molecule has 2 N–H and O–H groups in total. The van der Waals surface area contributed by atoms with Gasteiger partial charge in [0.1, 0.15) is 17.0 Å². The molecule has 4 saturated carbocycles. The maximum Gasteiger partial charge on any atom is 0.227 e. The molecule has 0 spiro atoms. The van der Waals surface area contributed by atoms with Crippen molar-refractivity contribution in [2.75, 3.05) is 6.54 Å². The van der Waals surface area contributed by atoms with Crippen molar-refractivity contribution < 1.29 is 4.79 Å². The molecule has 4 aliphatic carbocycles. The molecule has 3 aromatic rings. The van der Waals surface area contributed by atoms with E-state index in [1.165, 1.54) is 32.1 Å². The van der Waals surface area contributed by atoms with Crippen LogP contribution in [0.4, 0.5) is 0 Å². The highest BCUT2D eigenvalue weighted by atomic mass is 16.1. The summed E-state index contributed by atoms with van der Waals surface area (Å²) in [6.07, 6.45) is 17.5. The average Bonchev–Trinajstić information content (AvgIpc) is 3.49. The van der Waals surface area contributed by atoms with Crippen LogP contribution in [0.3, 0.4) is 0 Å². The standard InChI is InChI=1S/C27H34N6O/c28-14-13-26-7-10-27(11-8-26,12-9-26)33-22(16-23(34)30-17-19-4-2-1-3-5-19)32-21-18-31-25-20(24(21)33)6-15-29-25/h6,15,18-19H,1-5,7-13,16-17H2,(H,29,31)(H,30,34). The van der Waals surface area contributed by atoms with Crippen LogP contribution in [0.25, 0.3) is 22.1 Å². The monoisotopic (exact) mass is 458 g/mol. The zero-order valence-electron chi connectivity index (χ0n) is 19.9. The number of rotatable bonds is 6. The number of aromatic nitrogens is 4. The molecule has 7 nitrogen and oxygen atoms in total. The fourth-order valence-corrected chi connectivity index (χ4v) is 7.12. The number of fused-ring (bicyclic) bond motifs is 6. The quantitative estimate of drug-likeness (QED) is 0.536. The Kier molecular flexibility index (Phi) is 5.35. The summed E-state index contributed by atoms with van der Waals surface area (Å²) < 4.78 is 2.43. The van der Waals surface area contributed by atoms with E-state index in [0.717, 1.165) is 73.0 Å². The van der Waals surface area contributed by atoms with Gasteiger partial charge in [-0.3, -0.25) is 4.79 Å². The lowest BCUT2D eigenvalue weighted by molar-refractivity contribution is -0.120. The number of carbonyl (C=O) groups excluding carboxylic acids is 1. The smallest absolute Gasteiger partial charge is 0.227 e. The minimum atomic E-state index is -0.0313. The normalized spacial score (nSPS) is 27.3. The first-order valence-electron chi connectivity index (χ1n) is 13.1. The number of nitriles is 1. The number of aromatic amines is 1. The molecule has 4 fully saturated rings. The zero-order chi connectivity index (χ0) is 23.2. The van der Waals surface area contributed by atoms with E-state index in [1.807, 2.05) is 12.4 Å². The number of hydrogen-bond acceptors (Lipinski definition) is 4. The summed E-state index contributed by atoms with van der Waals surface area (Å²) in [5.74, 6) is 1.55. The molecule has 7 heteroatoms. The number of nitrogens with zero attached hydrogens (tertiary/aromatic N) is 4. The van der Waals surface area contributed by atoms with Crippen LogP contribution in [0.5, 0.6) is 0 Å². The molecule has 34 heavy (non-hydrogen) atoms. The first kappa shape index (κ1) is 21.6. The molecule has 3 heterocycles. The van der Waals surface area contributed by atoms with Crippen LogP contribution >= 0.6 is 0 Å². The lowest BCUT2D eigenvalue weighted by Crippen LogP contribution is -2.48. The van der Waals surface area contributed by atoms with Gasteiger partial charge in [0.05, 0.1) is 24.2 Å². The Morgan fingerprint density at radius 1 is 1.18 bits per heavy atom. The molecular weight excluding hydrogens is 424 g/mol. The van der Waals surface area contributed by atoms with Crippen LogP contribution in [0.15, 0.2) is 18.5 Å². The third-order valence-corrected chi connectivity index (χ3v) is 9.19. The van der Waals surface area contributed by atoms with Crippen LogP contribution < -0.4 is 5.32 Å². The second-order valence-corrected chi connectivity index (χ2v) is 11.1. The summed E-state index contributed by atoms with van der Waals surface area (Å²) in [6.45, 7) is 0.782. The molecule has 0 saturated heterocycles. The number of amides is 1. The summed E-state index contributed by atoms with van der Waals surface area (Å²) in [7, 11) is 0. The van der Waals surface area contributed by atoms with Crippen molar-refractivity contribution >= 4 is 28.0 Å². The second kappa shape index (κ2) is 8.41. The number of carbonyl (C=O) groups is 1. The Hall–Kier alpha value is -2.88. The van der Waals surface area contributed by atoms with Crippen LogP contribution in [-0.4, -0.2) is 32.0 Å². The van der Waals surface area contributed by atoms with Crippen molar-refractivity contribution in [3.8, 4) is 6.07 Å². The van der Waals surface area contributed by atoms with Crippen LogP contribution in [0, 0.1) is 22.7 Å². The van der Waals surface area contributed by atoms with E-state index in [2.05, 4.69) is 32.0 Å². The largest absolute Gasteiger partial charge is 0.355 e. The van der Waals surface area contributed by atoms with Gasteiger partial charge in [-0.2, -0.15) is 5.26 Å². The predicted molar refractivity (Wildman–Crippen MR) is 131 cm³/mol. The highest BCUT2D eigenvalue weighted by Gasteiger charge is 2.50. The van der Waals surface area contributed by atoms with Crippen LogP contribution in [0.1, 0.15) is 82.9 Å². The minimum absolute atomic E-state index is 0.0313. The number of pyridine rings is 1. The second-order valence-electron chi connectivity index (χ2n) is 11.1. The molecule has 2 bridgehead atoms. The van der Waals surface area contributed by atoms with Gasteiger partial charge in [-0.25, -0.2) is 9.97 Å². The van der Waals surface area contributed by atoms with E-state index in [0.29, 0.717) is 18.8 Å². The fraction of sp³-hybridized carbons (Fsp3) is 0.630. The lowest BCUT2D eigenvalue weighted by atomic mass is 9.56.